The molecule has 0 unspecified atom stereocenters. The molecule has 0 bridgehead atoms. The number of methoxy groups -OCH3 is 1. The fourth-order valence-corrected chi connectivity index (χ4v) is 3.75. The summed E-state index contributed by atoms with van der Waals surface area (Å²) >= 11 is 0. The van der Waals surface area contributed by atoms with E-state index in [1.165, 1.54) is 0 Å². The predicted molar refractivity (Wildman–Crippen MR) is 118 cm³/mol. The maximum atomic E-state index is 13.1. The number of nitrogens with one attached hydrogen (secondary N) is 1. The molecular weight excluding hydrogens is 384 g/mol. The van der Waals surface area contributed by atoms with E-state index in [0.29, 0.717) is 31.6 Å². The van der Waals surface area contributed by atoms with Crippen LogP contribution < -0.4 is 5.32 Å². The smallest absolute Gasteiger partial charge is 0.246 e. The highest BCUT2D eigenvalue weighted by atomic mass is 16.5. The Hall–Kier alpha value is -1.41. The average molecular weight is 425 g/mol. The lowest BCUT2D eigenvalue weighted by Crippen LogP contribution is -2.52. The molecule has 1 aromatic rings. The number of hydrogen-bond acceptors (Lipinski definition) is 6. The van der Waals surface area contributed by atoms with Gasteiger partial charge in [0.05, 0.1) is 25.4 Å². The minimum Gasteiger partial charge on any atom is -0.445 e. The van der Waals surface area contributed by atoms with Gasteiger partial charge in [0.15, 0.2) is 5.88 Å². The minimum absolute atomic E-state index is 0.0773. The lowest BCUT2D eigenvalue weighted by atomic mass is 9.86. The van der Waals surface area contributed by atoms with Crippen molar-refractivity contribution < 1.29 is 23.4 Å². The highest BCUT2D eigenvalue weighted by Gasteiger charge is 2.35. The summed E-state index contributed by atoms with van der Waals surface area (Å²) in [6.07, 6.45) is 2.09. The van der Waals surface area contributed by atoms with Crippen LogP contribution in [0, 0.1) is 12.8 Å². The van der Waals surface area contributed by atoms with Crippen molar-refractivity contribution in [3.63, 3.8) is 0 Å². The summed E-state index contributed by atoms with van der Waals surface area (Å²) in [7, 11) is 3.67. The van der Waals surface area contributed by atoms with E-state index in [-0.39, 0.29) is 11.3 Å². The molecule has 1 aliphatic rings. The van der Waals surface area contributed by atoms with E-state index >= 15 is 0 Å². The molecule has 0 spiro atoms. The Bertz CT molecular complexity index is 677. The number of ether oxygens (including phenoxy) is 3. The summed E-state index contributed by atoms with van der Waals surface area (Å²) in [4.78, 5) is 15.2. The predicted octanol–water partition coefficient (Wildman–Crippen LogP) is 3.60. The number of nitrogens with zero attached hydrogens (tertiary/aromatic N) is 1. The molecule has 0 radical (unpaired) electrons. The largest absolute Gasteiger partial charge is 0.445 e. The summed E-state index contributed by atoms with van der Waals surface area (Å²) in [6, 6.07) is 1.92. The first kappa shape index (κ1) is 24.9. The summed E-state index contributed by atoms with van der Waals surface area (Å²) in [5.41, 5.74) is 0.140. The maximum Gasteiger partial charge on any atom is 0.246 e. The molecule has 1 N–H and O–H groups in total. The Morgan fingerprint density at radius 1 is 1.23 bits per heavy atom. The third-order valence-corrected chi connectivity index (χ3v) is 6.16. The van der Waals surface area contributed by atoms with Gasteiger partial charge >= 0.3 is 0 Å². The molecule has 1 saturated heterocycles. The normalized spacial score (nSPS) is 16.3. The van der Waals surface area contributed by atoms with E-state index in [1.807, 2.05) is 33.9 Å². The van der Waals surface area contributed by atoms with Crippen molar-refractivity contribution in [2.45, 2.75) is 58.4 Å². The molecular formula is C23H40N2O5. The van der Waals surface area contributed by atoms with E-state index in [9.17, 15) is 4.79 Å². The maximum absolute atomic E-state index is 13.1. The van der Waals surface area contributed by atoms with Crippen LogP contribution in [0.4, 0.5) is 5.88 Å². The van der Waals surface area contributed by atoms with Gasteiger partial charge in [-0.15, -0.1) is 0 Å². The molecule has 2 heterocycles. The van der Waals surface area contributed by atoms with Crippen molar-refractivity contribution in [2.75, 3.05) is 59.1 Å². The minimum atomic E-state index is -0.655. The van der Waals surface area contributed by atoms with Crippen LogP contribution in [0.3, 0.4) is 0 Å². The molecule has 0 saturated carbocycles. The van der Waals surface area contributed by atoms with E-state index < -0.39 is 5.54 Å². The summed E-state index contributed by atoms with van der Waals surface area (Å²) in [5.74, 6) is 1.75. The molecule has 172 valence electrons. The summed E-state index contributed by atoms with van der Waals surface area (Å²) in [6.45, 7) is 14.2. The second-order valence-electron chi connectivity index (χ2n) is 9.46. The Morgan fingerprint density at radius 2 is 1.90 bits per heavy atom. The monoisotopic (exact) mass is 424 g/mol. The number of amides is 1. The SMILES string of the molecule is COCCOCC(C)(C)c1cc(NC(=O)C(C)(C)N(C)CC2CCOCC2)oc1C. The molecule has 0 atom stereocenters. The van der Waals surface area contributed by atoms with Crippen LogP contribution in [0.5, 0.6) is 0 Å². The van der Waals surface area contributed by atoms with Gasteiger partial charge in [-0.3, -0.25) is 15.0 Å². The second kappa shape index (κ2) is 10.8. The standard InChI is InChI=1S/C23H40N2O5/c1-17-19(22(2,3)16-29-13-12-27-7)14-20(30-17)24-21(26)23(4,5)25(6)15-18-8-10-28-11-9-18/h14,18H,8-13,15-16H2,1-7H3,(H,24,26). The van der Waals surface area contributed by atoms with Gasteiger partial charge < -0.3 is 18.6 Å². The van der Waals surface area contributed by atoms with Gasteiger partial charge in [-0.05, 0) is 46.6 Å². The number of likely N-dealkylation sites (N-methyl/N-ethyl adjacent to an activating group) is 1. The van der Waals surface area contributed by atoms with Crippen LogP contribution in [-0.2, 0) is 24.4 Å². The first-order chi connectivity index (χ1) is 14.1. The summed E-state index contributed by atoms with van der Waals surface area (Å²) in [5, 5.41) is 2.98. The number of carbonyl (C=O) groups excluding carboxylic acids is 1. The highest BCUT2D eigenvalue weighted by Crippen LogP contribution is 2.32. The van der Waals surface area contributed by atoms with Gasteiger partial charge in [-0.2, -0.15) is 0 Å². The van der Waals surface area contributed by atoms with Gasteiger partial charge in [0.2, 0.25) is 5.91 Å². The van der Waals surface area contributed by atoms with Crippen molar-refractivity contribution in [1.82, 2.24) is 4.90 Å². The van der Waals surface area contributed by atoms with Gasteiger partial charge in [-0.25, -0.2) is 0 Å². The van der Waals surface area contributed by atoms with Crippen LogP contribution in [0.1, 0.15) is 51.9 Å². The van der Waals surface area contributed by atoms with Gasteiger partial charge in [0.25, 0.3) is 0 Å². The molecule has 2 rings (SSSR count). The van der Waals surface area contributed by atoms with Crippen LogP contribution in [0.25, 0.3) is 0 Å². The average Bonchev–Trinajstić information content (AvgIpc) is 3.07. The third-order valence-electron chi connectivity index (χ3n) is 6.16. The zero-order chi connectivity index (χ0) is 22.4. The first-order valence-electron chi connectivity index (χ1n) is 10.9. The molecule has 30 heavy (non-hydrogen) atoms. The van der Waals surface area contributed by atoms with Crippen LogP contribution in [-0.4, -0.2) is 70.1 Å². The fraction of sp³-hybridized carbons (Fsp3) is 0.783. The molecule has 1 amide bonds. The van der Waals surface area contributed by atoms with Crippen LogP contribution in [0.15, 0.2) is 10.5 Å². The first-order valence-corrected chi connectivity index (χ1v) is 10.9. The Balaban J connectivity index is 1.99. The van der Waals surface area contributed by atoms with Gasteiger partial charge in [-0.1, -0.05) is 13.8 Å². The highest BCUT2D eigenvalue weighted by molar-refractivity contribution is 5.96. The van der Waals surface area contributed by atoms with Crippen molar-refractivity contribution in [3.8, 4) is 0 Å². The lowest BCUT2D eigenvalue weighted by Gasteiger charge is -2.37. The number of carbonyl (C=O) groups is 1. The number of anilines is 1. The molecule has 1 aliphatic heterocycles. The van der Waals surface area contributed by atoms with E-state index in [2.05, 4.69) is 24.1 Å². The number of furan rings is 1. The second-order valence-corrected chi connectivity index (χ2v) is 9.46. The fourth-order valence-electron chi connectivity index (χ4n) is 3.75. The summed E-state index contributed by atoms with van der Waals surface area (Å²) < 4.78 is 22.1. The van der Waals surface area contributed by atoms with Crippen molar-refractivity contribution in [2.24, 2.45) is 5.92 Å². The van der Waals surface area contributed by atoms with Crippen LogP contribution >= 0.6 is 0 Å². The number of rotatable bonds is 11. The zero-order valence-corrected chi connectivity index (χ0v) is 19.8. The van der Waals surface area contributed by atoms with E-state index in [1.54, 1.807) is 7.11 Å². The van der Waals surface area contributed by atoms with Gasteiger partial charge in [0, 0.05) is 43.9 Å². The lowest BCUT2D eigenvalue weighted by molar-refractivity contribution is -0.126. The zero-order valence-electron chi connectivity index (χ0n) is 19.8. The Labute approximate surface area is 181 Å². The molecule has 1 aromatic heterocycles. The number of hydrogen-bond donors (Lipinski definition) is 1. The Morgan fingerprint density at radius 3 is 2.53 bits per heavy atom. The quantitative estimate of drug-likeness (QED) is 0.547. The van der Waals surface area contributed by atoms with Crippen molar-refractivity contribution in [3.05, 3.63) is 17.4 Å². The van der Waals surface area contributed by atoms with E-state index in [4.69, 9.17) is 18.6 Å². The van der Waals surface area contributed by atoms with Gasteiger partial charge in [0.1, 0.15) is 5.76 Å². The molecule has 7 heteroatoms. The molecule has 1 fully saturated rings. The van der Waals surface area contributed by atoms with Crippen LogP contribution in [0.2, 0.25) is 0 Å². The topological polar surface area (TPSA) is 73.2 Å². The third kappa shape index (κ3) is 6.54. The molecule has 0 aromatic carbocycles. The Kier molecular flexibility index (Phi) is 8.91. The van der Waals surface area contributed by atoms with Crippen molar-refractivity contribution in [1.29, 1.82) is 0 Å². The van der Waals surface area contributed by atoms with Crippen molar-refractivity contribution >= 4 is 11.8 Å². The van der Waals surface area contributed by atoms with E-state index in [0.717, 1.165) is 43.9 Å². The molecule has 7 nitrogen and oxygen atoms in total. The molecule has 0 aliphatic carbocycles. The number of aryl methyl sites for hydroxylation is 1.